The number of hydrogen-bond donors (Lipinski definition) is 1. The van der Waals surface area contributed by atoms with E-state index in [-0.39, 0.29) is 0 Å². The summed E-state index contributed by atoms with van der Waals surface area (Å²) >= 11 is 0. The molecule has 0 saturated carbocycles. The zero-order valence-corrected chi connectivity index (χ0v) is 17.2. The molecule has 0 bridgehead atoms. The van der Waals surface area contributed by atoms with Crippen LogP contribution in [0.1, 0.15) is 25.8 Å². The number of methoxy groups -OCH3 is 2. The number of hydrogen-bond acceptors (Lipinski definition) is 4. The van der Waals surface area contributed by atoms with Crippen LogP contribution >= 0.6 is 0 Å². The highest BCUT2D eigenvalue weighted by Crippen LogP contribution is 2.28. The van der Waals surface area contributed by atoms with Gasteiger partial charge in [-0.1, -0.05) is 18.2 Å². The molecule has 1 aliphatic heterocycles. The minimum atomic E-state index is 0.774. The van der Waals surface area contributed by atoms with Crippen molar-refractivity contribution < 1.29 is 9.47 Å². The van der Waals surface area contributed by atoms with E-state index in [0.29, 0.717) is 0 Å². The molecule has 0 spiro atoms. The van der Waals surface area contributed by atoms with E-state index in [2.05, 4.69) is 46.3 Å². The van der Waals surface area contributed by atoms with Crippen molar-refractivity contribution in [2.45, 2.75) is 26.8 Å². The van der Waals surface area contributed by atoms with Crippen molar-refractivity contribution in [3.05, 3.63) is 35.9 Å². The molecule has 1 aromatic carbocycles. The maximum atomic E-state index is 5.42. The molecule has 1 aromatic rings. The Kier molecular flexibility index (Phi) is 8.98. The predicted octanol–water partition coefficient (Wildman–Crippen LogP) is 2.75. The highest BCUT2D eigenvalue weighted by atomic mass is 16.5. The highest BCUT2D eigenvalue weighted by molar-refractivity contribution is 5.80. The second-order valence-electron chi connectivity index (χ2n) is 6.55. The fraction of sp³-hybridized carbons (Fsp3) is 0.571. The second kappa shape index (κ2) is 11.5. The lowest BCUT2D eigenvalue weighted by Crippen LogP contribution is -2.52. The number of allylic oxidation sites excluding steroid dienone is 1. The number of nitrogens with one attached hydrogen (secondary N) is 1. The standard InChI is InChI=1S/C21H34N4O2/c1-5-7-8-11-23-21(22-6-2)25-14-12-24(13-15-25)17-18-9-10-19(26-3)20(16-18)27-4/h5,7,9-10,16H,6,8,11-15,17H2,1-4H3,(H,22,23)/b7-5+. The van der Waals surface area contributed by atoms with Gasteiger partial charge in [-0.15, -0.1) is 0 Å². The molecule has 1 heterocycles. The fourth-order valence-corrected chi connectivity index (χ4v) is 3.19. The van der Waals surface area contributed by atoms with Crippen LogP contribution in [0.15, 0.2) is 35.3 Å². The molecule has 2 rings (SSSR count). The first-order valence-electron chi connectivity index (χ1n) is 9.79. The Balaban J connectivity index is 1.89. The van der Waals surface area contributed by atoms with E-state index < -0.39 is 0 Å². The Hall–Kier alpha value is -2.21. The van der Waals surface area contributed by atoms with E-state index in [0.717, 1.165) is 69.7 Å². The number of benzene rings is 1. The third kappa shape index (κ3) is 6.47. The molecule has 6 heteroatoms. The Morgan fingerprint density at radius 3 is 2.52 bits per heavy atom. The Morgan fingerprint density at radius 1 is 1.15 bits per heavy atom. The van der Waals surface area contributed by atoms with Gasteiger partial charge in [0, 0.05) is 45.8 Å². The monoisotopic (exact) mass is 374 g/mol. The first-order chi connectivity index (χ1) is 13.2. The van der Waals surface area contributed by atoms with Gasteiger partial charge in [0.25, 0.3) is 0 Å². The van der Waals surface area contributed by atoms with Crippen LogP contribution in [0.5, 0.6) is 11.5 Å². The summed E-state index contributed by atoms with van der Waals surface area (Å²) in [5.41, 5.74) is 1.24. The van der Waals surface area contributed by atoms with Crippen molar-refractivity contribution in [1.29, 1.82) is 0 Å². The highest BCUT2D eigenvalue weighted by Gasteiger charge is 2.20. The van der Waals surface area contributed by atoms with Crippen LogP contribution in [0.25, 0.3) is 0 Å². The summed E-state index contributed by atoms with van der Waals surface area (Å²) in [6, 6.07) is 6.16. The van der Waals surface area contributed by atoms with Crippen LogP contribution in [-0.4, -0.2) is 69.2 Å². The number of rotatable bonds is 8. The zero-order valence-electron chi connectivity index (χ0n) is 17.2. The summed E-state index contributed by atoms with van der Waals surface area (Å²) in [6.45, 7) is 10.8. The van der Waals surface area contributed by atoms with Gasteiger partial charge in [-0.3, -0.25) is 9.89 Å². The molecule has 0 aliphatic carbocycles. The Morgan fingerprint density at radius 2 is 1.89 bits per heavy atom. The van der Waals surface area contributed by atoms with Crippen molar-refractivity contribution in [2.75, 3.05) is 53.5 Å². The summed E-state index contributed by atoms with van der Waals surface area (Å²) < 4.78 is 10.7. The van der Waals surface area contributed by atoms with E-state index >= 15 is 0 Å². The van der Waals surface area contributed by atoms with Crippen molar-refractivity contribution >= 4 is 5.96 Å². The number of aliphatic imine (C=N–C) groups is 1. The summed E-state index contributed by atoms with van der Waals surface area (Å²) in [7, 11) is 3.34. The van der Waals surface area contributed by atoms with Gasteiger partial charge in [-0.2, -0.15) is 0 Å². The van der Waals surface area contributed by atoms with Crippen molar-refractivity contribution in [2.24, 2.45) is 4.99 Å². The zero-order chi connectivity index (χ0) is 19.5. The van der Waals surface area contributed by atoms with Crippen molar-refractivity contribution in [3.8, 4) is 11.5 Å². The molecular formula is C21H34N4O2. The van der Waals surface area contributed by atoms with E-state index in [4.69, 9.17) is 14.5 Å². The molecule has 27 heavy (non-hydrogen) atoms. The molecule has 0 unspecified atom stereocenters. The lowest BCUT2D eigenvalue weighted by Gasteiger charge is -2.36. The number of piperazine rings is 1. The molecule has 0 amide bonds. The third-order valence-corrected chi connectivity index (χ3v) is 4.65. The van der Waals surface area contributed by atoms with Gasteiger partial charge >= 0.3 is 0 Å². The first-order valence-corrected chi connectivity index (χ1v) is 9.79. The van der Waals surface area contributed by atoms with Crippen LogP contribution < -0.4 is 14.8 Å². The lowest BCUT2D eigenvalue weighted by atomic mass is 10.1. The van der Waals surface area contributed by atoms with Gasteiger partial charge < -0.3 is 19.7 Å². The second-order valence-corrected chi connectivity index (χ2v) is 6.55. The topological polar surface area (TPSA) is 49.3 Å². The maximum absolute atomic E-state index is 5.42. The van der Waals surface area contributed by atoms with Crippen molar-refractivity contribution in [3.63, 3.8) is 0 Å². The van der Waals surface area contributed by atoms with E-state index in [1.165, 1.54) is 5.56 Å². The van der Waals surface area contributed by atoms with Gasteiger partial charge in [0.1, 0.15) is 0 Å². The number of ether oxygens (including phenoxy) is 2. The van der Waals surface area contributed by atoms with E-state index in [1.807, 2.05) is 13.0 Å². The SMILES string of the molecule is C/C=C/CCN=C(NCC)N1CCN(Cc2ccc(OC)c(OC)c2)CC1. The Labute approximate surface area is 163 Å². The van der Waals surface area contributed by atoms with Gasteiger partial charge in [-0.25, -0.2) is 0 Å². The quantitative estimate of drug-likeness (QED) is 0.328. The molecule has 1 fully saturated rings. The van der Waals surface area contributed by atoms with Gasteiger partial charge in [0.05, 0.1) is 14.2 Å². The van der Waals surface area contributed by atoms with Crippen LogP contribution in [0.2, 0.25) is 0 Å². The average molecular weight is 375 g/mol. The van der Waals surface area contributed by atoms with Gasteiger partial charge in [0.15, 0.2) is 17.5 Å². The summed E-state index contributed by atoms with van der Waals surface area (Å²) in [5, 5.41) is 3.42. The van der Waals surface area contributed by atoms with E-state index in [1.54, 1.807) is 14.2 Å². The molecule has 0 radical (unpaired) electrons. The lowest BCUT2D eigenvalue weighted by molar-refractivity contribution is 0.172. The Bertz CT molecular complexity index is 623. The first kappa shape index (κ1) is 21.1. The molecule has 6 nitrogen and oxygen atoms in total. The molecule has 0 aromatic heterocycles. The molecule has 1 aliphatic rings. The normalized spacial score (nSPS) is 16.0. The molecule has 1 N–H and O–H groups in total. The number of nitrogens with zero attached hydrogens (tertiary/aromatic N) is 3. The molecule has 150 valence electrons. The van der Waals surface area contributed by atoms with Gasteiger partial charge in [0.2, 0.25) is 0 Å². The predicted molar refractivity (Wildman–Crippen MR) is 112 cm³/mol. The smallest absolute Gasteiger partial charge is 0.194 e. The summed E-state index contributed by atoms with van der Waals surface area (Å²) in [5.74, 6) is 2.60. The van der Waals surface area contributed by atoms with Crippen molar-refractivity contribution in [1.82, 2.24) is 15.1 Å². The minimum absolute atomic E-state index is 0.774. The molecular weight excluding hydrogens is 340 g/mol. The fourth-order valence-electron chi connectivity index (χ4n) is 3.19. The van der Waals surface area contributed by atoms with E-state index in [9.17, 15) is 0 Å². The van der Waals surface area contributed by atoms with Crippen LogP contribution in [0, 0.1) is 0 Å². The van der Waals surface area contributed by atoms with Crippen LogP contribution in [-0.2, 0) is 6.54 Å². The molecule has 0 atom stereocenters. The summed E-state index contributed by atoms with van der Waals surface area (Å²) in [4.78, 5) is 9.60. The average Bonchev–Trinajstić information content (AvgIpc) is 2.71. The van der Waals surface area contributed by atoms with Crippen LogP contribution in [0.4, 0.5) is 0 Å². The largest absolute Gasteiger partial charge is 0.493 e. The maximum Gasteiger partial charge on any atom is 0.194 e. The molecule has 1 saturated heterocycles. The minimum Gasteiger partial charge on any atom is -0.493 e. The van der Waals surface area contributed by atoms with Crippen LogP contribution in [0.3, 0.4) is 0 Å². The third-order valence-electron chi connectivity index (χ3n) is 4.65. The van der Waals surface area contributed by atoms with Gasteiger partial charge in [-0.05, 0) is 38.0 Å². The number of guanidine groups is 1. The summed E-state index contributed by atoms with van der Waals surface area (Å²) in [6.07, 6.45) is 5.23.